The third-order valence-corrected chi connectivity index (χ3v) is 9.78. The van der Waals surface area contributed by atoms with Gasteiger partial charge in [0, 0.05) is 74.8 Å². The average Bonchev–Trinajstić information content (AvgIpc) is 3.91. The molecule has 0 fully saturated rings. The van der Waals surface area contributed by atoms with E-state index in [4.69, 9.17) is 21.1 Å². The maximum Gasteiger partial charge on any atom is 0.414 e. The number of methoxy groups -OCH3 is 1. The highest BCUT2D eigenvalue weighted by Gasteiger charge is 2.37. The van der Waals surface area contributed by atoms with Gasteiger partial charge < -0.3 is 44.6 Å². The molecule has 61 heavy (non-hydrogen) atoms. The molecule has 3 aromatic carbocycles. The minimum absolute atomic E-state index is 0.0471. The van der Waals surface area contributed by atoms with Gasteiger partial charge in [-0.05, 0) is 49.4 Å². The first-order valence-electron chi connectivity index (χ1n) is 19.2. The van der Waals surface area contributed by atoms with E-state index in [1.165, 1.54) is 35.7 Å². The highest BCUT2D eigenvalue weighted by atomic mass is 35.5. The second-order valence-electron chi connectivity index (χ2n) is 15.2. The van der Waals surface area contributed by atoms with Crippen LogP contribution in [-0.2, 0) is 44.6 Å². The number of halogens is 1. The highest BCUT2D eigenvalue weighted by Crippen LogP contribution is 2.47. The monoisotopic (exact) mass is 855 g/mol. The molecule has 4 N–H and O–H groups in total. The number of aromatic nitrogens is 4. The summed E-state index contributed by atoms with van der Waals surface area (Å²) in [6.45, 7) is 5.65. The van der Waals surface area contributed by atoms with Crippen molar-refractivity contribution in [2.75, 3.05) is 46.9 Å². The van der Waals surface area contributed by atoms with Crippen LogP contribution in [0.15, 0.2) is 67.0 Å². The zero-order valence-electron chi connectivity index (χ0n) is 34.5. The number of fused-ring (bicyclic) bond motifs is 3. The largest absolute Gasteiger partial charge is 0.488 e. The van der Waals surface area contributed by atoms with Crippen LogP contribution in [0, 0.1) is 0 Å². The number of anilines is 4. The van der Waals surface area contributed by atoms with Gasteiger partial charge in [0.15, 0.2) is 11.6 Å². The Labute approximate surface area is 355 Å². The quantitative estimate of drug-likeness (QED) is 0.0811. The summed E-state index contributed by atoms with van der Waals surface area (Å²) in [5.41, 5.74) is 2.21. The summed E-state index contributed by atoms with van der Waals surface area (Å²) in [7, 11) is 4.28. The van der Waals surface area contributed by atoms with Crippen LogP contribution in [0.1, 0.15) is 71.9 Å². The number of nitrogens with zero attached hydrogens (tertiary/aromatic N) is 5. The predicted molar refractivity (Wildman–Crippen MR) is 227 cm³/mol. The van der Waals surface area contributed by atoms with Gasteiger partial charge in [-0.3, -0.25) is 28.9 Å². The van der Waals surface area contributed by atoms with E-state index in [0.29, 0.717) is 29.1 Å². The van der Waals surface area contributed by atoms with Crippen molar-refractivity contribution < 1.29 is 43.0 Å². The zero-order chi connectivity index (χ0) is 44.0. The molecule has 1 unspecified atom stereocenters. The normalized spacial score (nSPS) is 13.3. The van der Waals surface area contributed by atoms with Crippen molar-refractivity contribution in [2.45, 2.75) is 51.7 Å². The van der Waals surface area contributed by atoms with E-state index in [2.05, 4.69) is 36.0 Å². The Bertz CT molecular complexity index is 2490. The third kappa shape index (κ3) is 10.6. The molecular weight excluding hydrogens is 810 g/mol. The predicted octanol–water partition coefficient (Wildman–Crippen LogP) is 5.48. The molecule has 5 aromatic rings. The van der Waals surface area contributed by atoms with Crippen LogP contribution in [-0.4, -0.2) is 86.5 Å². The molecule has 18 nitrogen and oxygen atoms in total. The maximum absolute atomic E-state index is 13.4. The lowest BCUT2D eigenvalue weighted by atomic mass is 9.95. The van der Waals surface area contributed by atoms with E-state index >= 15 is 0 Å². The van der Waals surface area contributed by atoms with Crippen LogP contribution in [0.2, 0.25) is 0 Å². The molecule has 320 valence electrons. The van der Waals surface area contributed by atoms with Crippen molar-refractivity contribution in [2.24, 2.45) is 14.1 Å². The number of alkyl halides is 1. The zero-order valence-corrected chi connectivity index (χ0v) is 35.2. The number of nitrogens with one attached hydrogen (secondary N) is 4. The second-order valence-corrected chi connectivity index (χ2v) is 15.5. The van der Waals surface area contributed by atoms with E-state index in [-0.39, 0.29) is 61.1 Å². The van der Waals surface area contributed by atoms with Gasteiger partial charge in [0.2, 0.25) is 23.5 Å². The number of benzene rings is 3. The third-order valence-electron chi connectivity index (χ3n) is 9.41. The van der Waals surface area contributed by atoms with Gasteiger partial charge >= 0.3 is 12.1 Å². The molecule has 1 atom stereocenters. The topological polar surface area (TPSA) is 217 Å². The number of esters is 1. The number of imidazole rings is 2. The Morgan fingerprint density at radius 1 is 0.820 bits per heavy atom. The molecule has 1 aliphatic heterocycles. The number of amides is 5. The standard InChI is InChI=1S/C42H46ClN9O9/c1-42(2,3)61-41(58)52-20-25(18-43)36-27-13-12-26(16-28(27)30(17-29(36)52)60-23-24-10-8-7-9-11-24)45-33(53)14-15-34(54)46-31-21-51(5)38(47-31)40(57)49-32-22-50(4)37(48-32)39(56)44-19-35(55)59-6/h7-13,16-17,21-22,25H,14-15,18-20,23H2,1-6H3,(H,44,56)(H,45,53)(H,46,54)(H,49,57). The number of carbonyl (C=O) groups is 6. The number of carbonyl (C=O) groups excluding carboxylic acids is 6. The first-order valence-corrected chi connectivity index (χ1v) is 19.7. The second kappa shape index (κ2) is 18.5. The van der Waals surface area contributed by atoms with Crippen LogP contribution in [0.3, 0.4) is 0 Å². The van der Waals surface area contributed by atoms with Crippen LogP contribution >= 0.6 is 11.6 Å². The fourth-order valence-corrected chi connectivity index (χ4v) is 6.87. The van der Waals surface area contributed by atoms with Crippen molar-refractivity contribution in [1.82, 2.24) is 24.4 Å². The molecular formula is C42H46ClN9O9. The lowest BCUT2D eigenvalue weighted by molar-refractivity contribution is -0.139. The SMILES string of the molecule is COC(=O)CNC(=O)c1nc(NC(=O)c2nc(NC(=O)CCC(=O)Nc3ccc4c5c(cc(OCc6ccccc6)c4c3)N(C(=O)OC(C)(C)C)CC5CCl)cn2C)cn1C. The first-order chi connectivity index (χ1) is 29.0. The Balaban J connectivity index is 1.11. The van der Waals surface area contributed by atoms with E-state index in [9.17, 15) is 28.8 Å². The molecule has 0 radical (unpaired) electrons. The molecule has 1 aliphatic rings. The summed E-state index contributed by atoms with van der Waals surface area (Å²) in [5, 5.41) is 11.9. The smallest absolute Gasteiger partial charge is 0.414 e. The molecule has 0 aliphatic carbocycles. The van der Waals surface area contributed by atoms with Crippen LogP contribution in [0.25, 0.3) is 10.8 Å². The van der Waals surface area contributed by atoms with Crippen molar-refractivity contribution in [3.63, 3.8) is 0 Å². The minimum atomic E-state index is -0.708. The molecule has 3 heterocycles. The van der Waals surface area contributed by atoms with E-state index in [0.717, 1.165) is 16.5 Å². The van der Waals surface area contributed by atoms with Gasteiger partial charge in [-0.25, -0.2) is 14.8 Å². The fraction of sp³-hybridized carbons (Fsp3) is 0.333. The van der Waals surface area contributed by atoms with Crippen molar-refractivity contribution >= 4 is 81.1 Å². The summed E-state index contributed by atoms with van der Waals surface area (Å²) < 4.78 is 19.4. The van der Waals surface area contributed by atoms with Gasteiger partial charge in [0.05, 0.1) is 12.8 Å². The van der Waals surface area contributed by atoms with E-state index in [1.807, 2.05) is 63.2 Å². The lowest BCUT2D eigenvalue weighted by Crippen LogP contribution is -2.36. The molecule has 0 saturated heterocycles. The van der Waals surface area contributed by atoms with Gasteiger partial charge in [-0.15, -0.1) is 11.6 Å². The number of ether oxygens (including phenoxy) is 3. The molecule has 6 rings (SSSR count). The minimum Gasteiger partial charge on any atom is -0.488 e. The van der Waals surface area contributed by atoms with Crippen molar-refractivity contribution in [1.29, 1.82) is 0 Å². The Morgan fingerprint density at radius 2 is 1.46 bits per heavy atom. The molecule has 2 aromatic heterocycles. The summed E-state index contributed by atoms with van der Waals surface area (Å²) in [6, 6.07) is 16.8. The van der Waals surface area contributed by atoms with Gasteiger partial charge in [0.1, 0.15) is 24.5 Å². The molecule has 5 amide bonds. The summed E-state index contributed by atoms with van der Waals surface area (Å²) in [6.07, 6.45) is 1.99. The van der Waals surface area contributed by atoms with Gasteiger partial charge in [-0.2, -0.15) is 0 Å². The van der Waals surface area contributed by atoms with Gasteiger partial charge in [0.25, 0.3) is 11.8 Å². The van der Waals surface area contributed by atoms with Gasteiger partial charge in [-0.1, -0.05) is 36.4 Å². The summed E-state index contributed by atoms with van der Waals surface area (Å²) in [5.74, 6) is -2.35. The lowest BCUT2D eigenvalue weighted by Gasteiger charge is -2.25. The Hall–Kier alpha value is -6.95. The first kappa shape index (κ1) is 43.6. The number of hydrogen-bond donors (Lipinski definition) is 4. The average molecular weight is 856 g/mol. The van der Waals surface area contributed by atoms with E-state index in [1.54, 1.807) is 24.1 Å². The Morgan fingerprint density at radius 3 is 2.10 bits per heavy atom. The number of hydrogen-bond acceptors (Lipinski definition) is 11. The van der Waals surface area contributed by atoms with Crippen LogP contribution in [0.5, 0.6) is 5.75 Å². The van der Waals surface area contributed by atoms with Crippen LogP contribution < -0.4 is 30.9 Å². The highest BCUT2D eigenvalue weighted by molar-refractivity contribution is 6.19. The van der Waals surface area contributed by atoms with E-state index < -0.39 is 41.3 Å². The van der Waals surface area contributed by atoms with Crippen molar-refractivity contribution in [3.05, 3.63) is 89.8 Å². The molecule has 0 saturated carbocycles. The van der Waals surface area contributed by atoms with Crippen LogP contribution in [0.4, 0.5) is 27.8 Å². The Kier molecular flexibility index (Phi) is 13.3. The summed E-state index contributed by atoms with van der Waals surface area (Å²) >= 11 is 6.47. The fourth-order valence-electron chi connectivity index (χ4n) is 6.62. The van der Waals surface area contributed by atoms with Crippen molar-refractivity contribution in [3.8, 4) is 5.75 Å². The molecule has 19 heteroatoms. The summed E-state index contributed by atoms with van der Waals surface area (Å²) in [4.78, 5) is 86.2. The molecule has 0 bridgehead atoms. The molecule has 0 spiro atoms. The maximum atomic E-state index is 13.4. The number of aryl methyl sites for hydroxylation is 2. The number of rotatable bonds is 14.